The number of alkyl halides is 3. The highest BCUT2D eigenvalue weighted by molar-refractivity contribution is 6.00. The van der Waals surface area contributed by atoms with Crippen LogP contribution in [0.1, 0.15) is 24.8 Å². The Morgan fingerprint density at radius 1 is 1.14 bits per heavy atom. The summed E-state index contributed by atoms with van der Waals surface area (Å²) in [4.78, 5) is 38.6. The number of nitrogens with zero attached hydrogens (tertiary/aromatic N) is 1. The summed E-state index contributed by atoms with van der Waals surface area (Å²) in [5.41, 5.74) is -0.262. The maximum Gasteiger partial charge on any atom is 0.416 e. The standard InChI is InChI=1S/C25H26F3N3O5/c26-25(27,28)17-3-1-4-18(12-17)30-22(32)15-36-20-8-6-19(7-9-20)31-14-16(11-23(31)33)24(34)29-13-21-5-2-10-35-21/h1,3-4,6-9,12,16,21H,2,5,10-11,13-15H2,(H,29,34)(H,30,32)/t16-,21+/m1/s1. The van der Waals surface area contributed by atoms with E-state index in [4.69, 9.17) is 9.47 Å². The van der Waals surface area contributed by atoms with E-state index in [0.717, 1.165) is 25.0 Å². The fraction of sp³-hybridized carbons (Fsp3) is 0.400. The predicted octanol–water partition coefficient (Wildman–Crippen LogP) is 3.37. The molecule has 4 rings (SSSR count). The molecule has 192 valence electrons. The van der Waals surface area contributed by atoms with Gasteiger partial charge in [0, 0.05) is 37.5 Å². The predicted molar refractivity (Wildman–Crippen MR) is 124 cm³/mol. The summed E-state index contributed by atoms with van der Waals surface area (Å²) in [5, 5.41) is 5.23. The first-order valence-corrected chi connectivity index (χ1v) is 11.6. The zero-order chi connectivity index (χ0) is 25.7. The number of hydrogen-bond donors (Lipinski definition) is 2. The number of benzene rings is 2. The number of ether oxygens (including phenoxy) is 2. The lowest BCUT2D eigenvalue weighted by atomic mass is 10.1. The molecule has 0 unspecified atom stereocenters. The molecule has 0 spiro atoms. The maximum absolute atomic E-state index is 12.8. The summed E-state index contributed by atoms with van der Waals surface area (Å²) >= 11 is 0. The number of halogens is 3. The molecule has 0 aliphatic carbocycles. The summed E-state index contributed by atoms with van der Waals surface area (Å²) in [7, 11) is 0. The van der Waals surface area contributed by atoms with Crippen LogP contribution in [0.2, 0.25) is 0 Å². The number of nitrogens with one attached hydrogen (secondary N) is 2. The molecular formula is C25H26F3N3O5. The lowest BCUT2D eigenvalue weighted by Gasteiger charge is -2.18. The van der Waals surface area contributed by atoms with Crippen molar-refractivity contribution in [1.82, 2.24) is 5.32 Å². The van der Waals surface area contributed by atoms with E-state index in [1.807, 2.05) is 0 Å². The zero-order valence-electron chi connectivity index (χ0n) is 19.3. The number of anilines is 2. The maximum atomic E-state index is 12.8. The first kappa shape index (κ1) is 25.5. The molecule has 2 aliphatic heterocycles. The quantitative estimate of drug-likeness (QED) is 0.574. The lowest BCUT2D eigenvalue weighted by molar-refractivity contribution is -0.137. The van der Waals surface area contributed by atoms with Crippen LogP contribution in [0.4, 0.5) is 24.5 Å². The van der Waals surface area contributed by atoms with Crippen LogP contribution in [0.15, 0.2) is 48.5 Å². The van der Waals surface area contributed by atoms with E-state index in [2.05, 4.69) is 10.6 Å². The van der Waals surface area contributed by atoms with Crippen molar-refractivity contribution in [3.05, 3.63) is 54.1 Å². The normalized spacial score (nSPS) is 19.9. The van der Waals surface area contributed by atoms with Gasteiger partial charge in [0.05, 0.1) is 17.6 Å². The van der Waals surface area contributed by atoms with Gasteiger partial charge in [-0.05, 0) is 55.3 Å². The van der Waals surface area contributed by atoms with Crippen LogP contribution >= 0.6 is 0 Å². The zero-order valence-corrected chi connectivity index (χ0v) is 19.3. The number of carbonyl (C=O) groups excluding carboxylic acids is 3. The minimum Gasteiger partial charge on any atom is -0.484 e. The summed E-state index contributed by atoms with van der Waals surface area (Å²) in [5.74, 6) is -1.07. The first-order valence-electron chi connectivity index (χ1n) is 11.6. The van der Waals surface area contributed by atoms with E-state index in [1.165, 1.54) is 17.0 Å². The minimum atomic E-state index is -4.51. The van der Waals surface area contributed by atoms with Gasteiger partial charge < -0.3 is 25.0 Å². The number of rotatable bonds is 8. The first-order chi connectivity index (χ1) is 17.2. The molecule has 2 atom stereocenters. The van der Waals surface area contributed by atoms with Crippen molar-refractivity contribution in [2.24, 2.45) is 5.92 Å². The van der Waals surface area contributed by atoms with Crippen molar-refractivity contribution in [2.45, 2.75) is 31.5 Å². The Morgan fingerprint density at radius 2 is 1.92 bits per heavy atom. The van der Waals surface area contributed by atoms with Crippen LogP contribution in [-0.2, 0) is 25.3 Å². The van der Waals surface area contributed by atoms with Crippen molar-refractivity contribution < 1.29 is 37.0 Å². The highest BCUT2D eigenvalue weighted by Crippen LogP contribution is 2.31. The van der Waals surface area contributed by atoms with Crippen LogP contribution in [0.3, 0.4) is 0 Å². The van der Waals surface area contributed by atoms with E-state index in [9.17, 15) is 27.6 Å². The Labute approximate surface area is 205 Å². The van der Waals surface area contributed by atoms with E-state index < -0.39 is 30.2 Å². The Bertz CT molecular complexity index is 1100. The van der Waals surface area contributed by atoms with Crippen LogP contribution in [0.5, 0.6) is 5.75 Å². The van der Waals surface area contributed by atoms with Crippen molar-refractivity contribution >= 4 is 29.1 Å². The lowest BCUT2D eigenvalue weighted by Crippen LogP contribution is -2.37. The third-order valence-electron chi connectivity index (χ3n) is 6.02. The number of carbonyl (C=O) groups is 3. The second kappa shape index (κ2) is 11.0. The Hall–Kier alpha value is -3.60. The van der Waals surface area contributed by atoms with Crippen LogP contribution in [0, 0.1) is 5.92 Å². The Balaban J connectivity index is 1.25. The molecule has 2 heterocycles. The van der Waals surface area contributed by atoms with Crippen molar-refractivity contribution in [3.8, 4) is 5.75 Å². The molecule has 2 aromatic rings. The molecule has 0 radical (unpaired) electrons. The van der Waals surface area contributed by atoms with Gasteiger partial charge in [0.2, 0.25) is 11.8 Å². The van der Waals surface area contributed by atoms with Gasteiger partial charge in [-0.2, -0.15) is 13.2 Å². The van der Waals surface area contributed by atoms with Gasteiger partial charge in [0.15, 0.2) is 6.61 Å². The van der Waals surface area contributed by atoms with E-state index >= 15 is 0 Å². The highest BCUT2D eigenvalue weighted by atomic mass is 19.4. The molecule has 8 nitrogen and oxygen atoms in total. The van der Waals surface area contributed by atoms with Gasteiger partial charge >= 0.3 is 6.18 Å². The van der Waals surface area contributed by atoms with Crippen LogP contribution in [-0.4, -0.2) is 50.1 Å². The number of amides is 3. The molecule has 0 bridgehead atoms. The molecule has 11 heteroatoms. The average molecular weight is 505 g/mol. The highest BCUT2D eigenvalue weighted by Gasteiger charge is 2.35. The van der Waals surface area contributed by atoms with E-state index in [1.54, 1.807) is 24.3 Å². The molecule has 0 aromatic heterocycles. The second-order valence-corrected chi connectivity index (χ2v) is 8.69. The molecule has 2 aliphatic rings. The minimum absolute atomic E-state index is 0.00989. The van der Waals surface area contributed by atoms with Crippen LogP contribution < -0.4 is 20.3 Å². The molecule has 2 N–H and O–H groups in total. The fourth-order valence-corrected chi connectivity index (χ4v) is 4.14. The van der Waals surface area contributed by atoms with Crippen LogP contribution in [0.25, 0.3) is 0 Å². The fourth-order valence-electron chi connectivity index (χ4n) is 4.14. The summed E-state index contributed by atoms with van der Waals surface area (Å²) < 4.78 is 49.3. The van der Waals surface area contributed by atoms with Gasteiger partial charge in [-0.25, -0.2) is 0 Å². The molecule has 2 aromatic carbocycles. The molecular weight excluding hydrogens is 479 g/mol. The van der Waals surface area contributed by atoms with Crippen molar-refractivity contribution in [3.63, 3.8) is 0 Å². The topological polar surface area (TPSA) is 97.0 Å². The molecule has 36 heavy (non-hydrogen) atoms. The largest absolute Gasteiger partial charge is 0.484 e. The average Bonchev–Trinajstić information content (AvgIpc) is 3.51. The van der Waals surface area contributed by atoms with Gasteiger partial charge in [-0.3, -0.25) is 14.4 Å². The summed E-state index contributed by atoms with van der Waals surface area (Å²) in [6, 6.07) is 10.8. The molecule has 3 amide bonds. The van der Waals surface area contributed by atoms with Crippen molar-refractivity contribution in [1.29, 1.82) is 0 Å². The third kappa shape index (κ3) is 6.54. The van der Waals surface area contributed by atoms with Gasteiger partial charge in [-0.1, -0.05) is 6.07 Å². The summed E-state index contributed by atoms with van der Waals surface area (Å²) in [6.07, 6.45) is -2.47. The van der Waals surface area contributed by atoms with Gasteiger partial charge in [0.25, 0.3) is 5.91 Å². The number of hydrogen-bond acceptors (Lipinski definition) is 5. The second-order valence-electron chi connectivity index (χ2n) is 8.69. The SMILES string of the molecule is O=C(COc1ccc(N2C[C@H](C(=O)NC[C@@H]3CCCO3)CC2=O)cc1)Nc1cccc(C(F)(F)F)c1. The summed E-state index contributed by atoms with van der Waals surface area (Å²) in [6.45, 7) is 0.994. The third-order valence-corrected chi connectivity index (χ3v) is 6.02. The Kier molecular flexibility index (Phi) is 7.78. The monoisotopic (exact) mass is 505 g/mol. The smallest absolute Gasteiger partial charge is 0.416 e. The molecule has 2 saturated heterocycles. The van der Waals surface area contributed by atoms with Gasteiger partial charge in [-0.15, -0.1) is 0 Å². The van der Waals surface area contributed by atoms with E-state index in [0.29, 0.717) is 24.6 Å². The Morgan fingerprint density at radius 3 is 2.61 bits per heavy atom. The van der Waals surface area contributed by atoms with Gasteiger partial charge in [0.1, 0.15) is 5.75 Å². The molecule has 2 fully saturated rings. The van der Waals surface area contributed by atoms with E-state index in [-0.39, 0.29) is 36.6 Å². The molecule has 0 saturated carbocycles. The van der Waals surface area contributed by atoms with Crippen molar-refractivity contribution in [2.75, 3.05) is 36.5 Å².